The lowest BCUT2D eigenvalue weighted by Gasteiger charge is -2.13. The molecule has 2 rings (SSSR count). The molecule has 1 fully saturated rings. The Hall–Kier alpha value is -2.61. The van der Waals surface area contributed by atoms with Crippen molar-refractivity contribution in [1.29, 1.82) is 0 Å². The van der Waals surface area contributed by atoms with Crippen LogP contribution in [0.4, 0.5) is 4.79 Å². The van der Waals surface area contributed by atoms with Gasteiger partial charge in [-0.25, -0.2) is 4.79 Å². The van der Waals surface area contributed by atoms with Gasteiger partial charge in [-0.1, -0.05) is 0 Å². The van der Waals surface area contributed by atoms with E-state index in [1.165, 1.54) is 30.9 Å². The second-order valence-corrected chi connectivity index (χ2v) is 5.25. The van der Waals surface area contributed by atoms with Gasteiger partial charge in [-0.05, 0) is 24.3 Å². The van der Waals surface area contributed by atoms with Gasteiger partial charge in [0.1, 0.15) is 12.2 Å². The molecule has 0 spiro atoms. The Morgan fingerprint density at radius 3 is 2.74 bits per heavy atom. The van der Waals surface area contributed by atoms with Crippen molar-refractivity contribution in [2.24, 2.45) is 0 Å². The Bertz CT molecular complexity index is 608. The standard InChI is InChI=1S/C15H19N3O5/c1-9(19)16-7-12-8-18(15(22)23-12)11-3-5-13(17-10(2)20)14(21)6-4-11/h3-6,12,14,21H,7-8H2,1-2H3,(H,16,19)(H,17,20)/t12-,14?/m0/s1. The van der Waals surface area contributed by atoms with E-state index in [1.807, 2.05) is 0 Å². The molecule has 124 valence electrons. The molecule has 0 bridgehead atoms. The first-order chi connectivity index (χ1) is 10.9. The van der Waals surface area contributed by atoms with Crippen molar-refractivity contribution in [3.05, 3.63) is 35.7 Å². The summed E-state index contributed by atoms with van der Waals surface area (Å²) >= 11 is 0. The fourth-order valence-corrected chi connectivity index (χ4v) is 2.22. The third kappa shape index (κ3) is 4.43. The van der Waals surface area contributed by atoms with Gasteiger partial charge in [0.05, 0.1) is 18.8 Å². The number of hydrogen-bond donors (Lipinski definition) is 3. The number of allylic oxidation sites excluding steroid dienone is 3. The Kier molecular flexibility index (Phi) is 5.17. The van der Waals surface area contributed by atoms with E-state index in [-0.39, 0.29) is 24.9 Å². The fourth-order valence-electron chi connectivity index (χ4n) is 2.22. The number of aliphatic hydroxyl groups excluding tert-OH is 1. The molecular formula is C15H19N3O5. The van der Waals surface area contributed by atoms with Gasteiger partial charge in [0.15, 0.2) is 0 Å². The first kappa shape index (κ1) is 16.8. The van der Waals surface area contributed by atoms with E-state index in [9.17, 15) is 19.5 Å². The van der Waals surface area contributed by atoms with Crippen LogP contribution in [-0.4, -0.2) is 53.2 Å². The average molecular weight is 321 g/mol. The molecule has 0 saturated carbocycles. The normalized spacial score (nSPS) is 23.6. The number of cyclic esters (lactones) is 1. The number of carbonyl (C=O) groups excluding carboxylic acids is 3. The van der Waals surface area contributed by atoms with Gasteiger partial charge in [0.25, 0.3) is 0 Å². The smallest absolute Gasteiger partial charge is 0.414 e. The Labute approximate surface area is 133 Å². The molecule has 0 aromatic rings. The van der Waals surface area contributed by atoms with Gasteiger partial charge in [-0.15, -0.1) is 0 Å². The van der Waals surface area contributed by atoms with Gasteiger partial charge in [-0.3, -0.25) is 14.5 Å². The van der Waals surface area contributed by atoms with Crippen LogP contribution in [-0.2, 0) is 14.3 Å². The quantitative estimate of drug-likeness (QED) is 0.663. The minimum atomic E-state index is -0.971. The van der Waals surface area contributed by atoms with E-state index in [1.54, 1.807) is 12.2 Å². The summed E-state index contributed by atoms with van der Waals surface area (Å²) in [6, 6.07) is 0. The summed E-state index contributed by atoms with van der Waals surface area (Å²) in [5.41, 5.74) is 0.853. The third-order valence-electron chi connectivity index (χ3n) is 3.29. The third-order valence-corrected chi connectivity index (χ3v) is 3.29. The van der Waals surface area contributed by atoms with Gasteiger partial charge in [-0.2, -0.15) is 0 Å². The van der Waals surface area contributed by atoms with E-state index in [4.69, 9.17) is 4.74 Å². The number of hydrogen-bond acceptors (Lipinski definition) is 5. The van der Waals surface area contributed by atoms with Crippen LogP contribution >= 0.6 is 0 Å². The highest BCUT2D eigenvalue weighted by atomic mass is 16.6. The molecule has 8 heteroatoms. The summed E-state index contributed by atoms with van der Waals surface area (Å²) in [4.78, 5) is 35.4. The molecule has 1 heterocycles. The topological polar surface area (TPSA) is 108 Å². The summed E-state index contributed by atoms with van der Waals surface area (Å²) in [5.74, 6) is -0.490. The molecule has 0 radical (unpaired) electrons. The summed E-state index contributed by atoms with van der Waals surface area (Å²) in [6.45, 7) is 3.26. The van der Waals surface area contributed by atoms with Crippen molar-refractivity contribution in [1.82, 2.24) is 15.5 Å². The molecule has 8 nitrogen and oxygen atoms in total. The number of nitrogens with one attached hydrogen (secondary N) is 2. The van der Waals surface area contributed by atoms with Crippen molar-refractivity contribution >= 4 is 17.9 Å². The zero-order valence-corrected chi connectivity index (χ0v) is 12.9. The van der Waals surface area contributed by atoms with Gasteiger partial charge < -0.3 is 20.5 Å². The van der Waals surface area contributed by atoms with E-state index in [0.29, 0.717) is 11.4 Å². The van der Waals surface area contributed by atoms with Crippen LogP contribution in [0.25, 0.3) is 0 Å². The largest absolute Gasteiger partial charge is 0.442 e. The highest BCUT2D eigenvalue weighted by Gasteiger charge is 2.33. The molecule has 0 aromatic heterocycles. The Morgan fingerprint density at radius 2 is 2.09 bits per heavy atom. The molecule has 1 saturated heterocycles. The maximum Gasteiger partial charge on any atom is 0.414 e. The summed E-state index contributed by atoms with van der Waals surface area (Å²) < 4.78 is 5.18. The highest BCUT2D eigenvalue weighted by molar-refractivity contribution is 5.76. The molecule has 23 heavy (non-hydrogen) atoms. The average Bonchev–Trinajstić information content (AvgIpc) is 2.74. The fraction of sp³-hybridized carbons (Fsp3) is 0.400. The SMILES string of the molecule is CC(=O)NC[C@H]1CN(C2=CC=C(NC(C)=O)C(O)C=C2)C(=O)O1. The predicted molar refractivity (Wildman–Crippen MR) is 80.8 cm³/mol. The molecule has 2 atom stereocenters. The lowest BCUT2D eigenvalue weighted by atomic mass is 10.2. The van der Waals surface area contributed by atoms with Crippen molar-refractivity contribution in [2.45, 2.75) is 26.1 Å². The lowest BCUT2D eigenvalue weighted by Crippen LogP contribution is -2.33. The molecule has 1 aliphatic heterocycles. The number of ether oxygens (including phenoxy) is 1. The predicted octanol–water partition coefficient (Wildman–Crippen LogP) is -0.222. The summed E-state index contributed by atoms with van der Waals surface area (Å²) in [6.07, 6.45) is 4.26. The van der Waals surface area contributed by atoms with Gasteiger partial charge >= 0.3 is 6.09 Å². The van der Waals surface area contributed by atoms with Crippen molar-refractivity contribution in [3.8, 4) is 0 Å². The van der Waals surface area contributed by atoms with Crippen LogP contribution in [0.15, 0.2) is 35.7 Å². The van der Waals surface area contributed by atoms with Crippen molar-refractivity contribution in [2.75, 3.05) is 13.1 Å². The number of carbonyl (C=O) groups is 3. The van der Waals surface area contributed by atoms with Crippen LogP contribution in [0.2, 0.25) is 0 Å². The minimum absolute atomic E-state index is 0.195. The molecule has 3 N–H and O–H groups in total. The Balaban J connectivity index is 2.09. The van der Waals surface area contributed by atoms with Crippen molar-refractivity contribution in [3.63, 3.8) is 0 Å². The summed E-state index contributed by atoms with van der Waals surface area (Å²) in [5, 5.41) is 15.1. The molecule has 3 amide bonds. The molecule has 1 unspecified atom stereocenters. The number of amides is 3. The number of rotatable bonds is 4. The molecule has 0 aromatic carbocycles. The second-order valence-electron chi connectivity index (χ2n) is 5.25. The first-order valence-corrected chi connectivity index (χ1v) is 7.15. The van der Waals surface area contributed by atoms with Crippen molar-refractivity contribution < 1.29 is 24.2 Å². The van der Waals surface area contributed by atoms with Gasteiger partial charge in [0, 0.05) is 19.5 Å². The molecular weight excluding hydrogens is 302 g/mol. The Morgan fingerprint density at radius 1 is 1.35 bits per heavy atom. The number of aliphatic hydroxyl groups is 1. The van der Waals surface area contributed by atoms with Crippen LogP contribution < -0.4 is 10.6 Å². The van der Waals surface area contributed by atoms with Crippen LogP contribution in [0.5, 0.6) is 0 Å². The molecule has 2 aliphatic rings. The van der Waals surface area contributed by atoms with Gasteiger partial charge in [0.2, 0.25) is 11.8 Å². The number of nitrogens with zero attached hydrogens (tertiary/aromatic N) is 1. The van der Waals surface area contributed by atoms with E-state index < -0.39 is 18.3 Å². The maximum atomic E-state index is 11.9. The molecule has 1 aliphatic carbocycles. The van der Waals surface area contributed by atoms with E-state index in [2.05, 4.69) is 10.6 Å². The zero-order chi connectivity index (χ0) is 17.0. The highest BCUT2D eigenvalue weighted by Crippen LogP contribution is 2.20. The first-order valence-electron chi connectivity index (χ1n) is 7.15. The summed E-state index contributed by atoms with van der Waals surface area (Å²) in [7, 11) is 0. The van der Waals surface area contributed by atoms with Crippen LogP contribution in [0.3, 0.4) is 0 Å². The van der Waals surface area contributed by atoms with E-state index >= 15 is 0 Å². The lowest BCUT2D eigenvalue weighted by molar-refractivity contribution is -0.119. The minimum Gasteiger partial charge on any atom is -0.442 e. The maximum absolute atomic E-state index is 11.9. The zero-order valence-electron chi connectivity index (χ0n) is 12.9. The van der Waals surface area contributed by atoms with Crippen LogP contribution in [0.1, 0.15) is 13.8 Å². The second kappa shape index (κ2) is 7.10. The monoisotopic (exact) mass is 321 g/mol. The van der Waals surface area contributed by atoms with E-state index in [0.717, 1.165) is 0 Å². The van der Waals surface area contributed by atoms with Crippen LogP contribution in [0, 0.1) is 0 Å².